The molecule has 1 aliphatic carbocycles. The lowest BCUT2D eigenvalue weighted by Gasteiger charge is -2.29. The van der Waals surface area contributed by atoms with Crippen LogP contribution in [0.1, 0.15) is 48.7 Å². The smallest absolute Gasteiger partial charge is 0.349 e. The lowest BCUT2D eigenvalue weighted by Crippen LogP contribution is -2.25. The standard InChI is InChI=1S/C21H24ClNO5S/c1-2-12-6-8-14(9-7-12)23-15-5-3-4-13(10-15)19-17(22)18(28-11-16(24)25)20(29-19)21(26)27/h3-5,10,12,14,23H,2,6-9,11H2,1H3,(H,24,25)(H,26,27). The van der Waals surface area contributed by atoms with Crippen molar-refractivity contribution >= 4 is 40.6 Å². The molecule has 1 aromatic heterocycles. The molecule has 1 saturated carbocycles. The van der Waals surface area contributed by atoms with E-state index in [4.69, 9.17) is 21.4 Å². The Morgan fingerprint density at radius 1 is 1.24 bits per heavy atom. The third-order valence-corrected chi connectivity index (χ3v) is 6.94. The van der Waals surface area contributed by atoms with Crippen molar-refractivity contribution in [2.75, 3.05) is 11.9 Å². The maximum absolute atomic E-state index is 11.6. The fourth-order valence-electron chi connectivity index (χ4n) is 3.69. The van der Waals surface area contributed by atoms with Gasteiger partial charge in [0.1, 0.15) is 5.02 Å². The second-order valence-corrected chi connectivity index (χ2v) is 8.64. The molecule has 1 heterocycles. The molecule has 0 bridgehead atoms. The van der Waals surface area contributed by atoms with E-state index in [0.717, 1.165) is 41.3 Å². The van der Waals surface area contributed by atoms with Crippen LogP contribution in [0, 0.1) is 5.92 Å². The Labute approximate surface area is 178 Å². The van der Waals surface area contributed by atoms with Gasteiger partial charge in [-0.1, -0.05) is 37.1 Å². The molecular formula is C21H24ClNO5S. The number of rotatable bonds is 8. The number of hydrogen-bond donors (Lipinski definition) is 3. The predicted molar refractivity (Wildman–Crippen MR) is 115 cm³/mol. The molecule has 3 N–H and O–H groups in total. The van der Waals surface area contributed by atoms with Crippen molar-refractivity contribution < 1.29 is 24.5 Å². The Kier molecular flexibility index (Phi) is 7.03. The number of thiophene rings is 1. The minimum Gasteiger partial charge on any atom is -0.479 e. The number of hydrogen-bond acceptors (Lipinski definition) is 5. The molecule has 0 aliphatic heterocycles. The van der Waals surface area contributed by atoms with Gasteiger partial charge in [-0.15, -0.1) is 11.3 Å². The number of aromatic carboxylic acids is 1. The summed E-state index contributed by atoms with van der Waals surface area (Å²) in [7, 11) is 0. The molecule has 1 aromatic carbocycles. The number of carboxylic acids is 2. The number of carbonyl (C=O) groups is 2. The van der Waals surface area contributed by atoms with Gasteiger partial charge in [0.15, 0.2) is 17.2 Å². The molecule has 2 aromatic rings. The van der Waals surface area contributed by atoms with Gasteiger partial charge in [-0.25, -0.2) is 9.59 Å². The average Bonchev–Trinajstić information content (AvgIpc) is 3.04. The van der Waals surface area contributed by atoms with E-state index in [1.165, 1.54) is 19.3 Å². The Hall–Kier alpha value is -2.25. The van der Waals surface area contributed by atoms with E-state index in [1.807, 2.05) is 24.3 Å². The molecule has 1 fully saturated rings. The SMILES string of the molecule is CCC1CCC(Nc2cccc(-c3sc(C(=O)O)c(OCC(=O)O)c3Cl)c2)CC1. The Balaban J connectivity index is 1.82. The first kappa shape index (κ1) is 21.5. The van der Waals surface area contributed by atoms with Crippen LogP contribution in [0.25, 0.3) is 10.4 Å². The van der Waals surface area contributed by atoms with Crippen molar-refractivity contribution in [2.45, 2.75) is 45.1 Å². The molecule has 0 spiro atoms. The Morgan fingerprint density at radius 3 is 2.59 bits per heavy atom. The van der Waals surface area contributed by atoms with Crippen LogP contribution >= 0.6 is 22.9 Å². The molecular weight excluding hydrogens is 414 g/mol. The summed E-state index contributed by atoms with van der Waals surface area (Å²) >= 11 is 7.36. The molecule has 0 saturated heterocycles. The maximum atomic E-state index is 11.6. The Bertz CT molecular complexity index is 889. The Morgan fingerprint density at radius 2 is 1.97 bits per heavy atom. The lowest BCUT2D eigenvalue weighted by molar-refractivity contribution is -0.139. The maximum Gasteiger partial charge on any atom is 0.349 e. The summed E-state index contributed by atoms with van der Waals surface area (Å²) in [6.45, 7) is 1.59. The summed E-state index contributed by atoms with van der Waals surface area (Å²) in [5, 5.41) is 22.0. The summed E-state index contributed by atoms with van der Waals surface area (Å²) in [6, 6.07) is 8.09. The van der Waals surface area contributed by atoms with E-state index in [2.05, 4.69) is 12.2 Å². The second kappa shape index (κ2) is 9.50. The average molecular weight is 438 g/mol. The van der Waals surface area contributed by atoms with E-state index in [0.29, 0.717) is 10.9 Å². The number of carboxylic acid groups (broad SMARTS) is 2. The highest BCUT2D eigenvalue weighted by molar-refractivity contribution is 7.18. The molecule has 156 valence electrons. The van der Waals surface area contributed by atoms with E-state index >= 15 is 0 Å². The van der Waals surface area contributed by atoms with Crippen LogP contribution in [0.3, 0.4) is 0 Å². The van der Waals surface area contributed by atoms with Gasteiger partial charge in [-0.3, -0.25) is 0 Å². The van der Waals surface area contributed by atoms with E-state index in [-0.39, 0.29) is 15.6 Å². The summed E-state index contributed by atoms with van der Waals surface area (Å²) in [5.41, 5.74) is 1.72. The molecule has 3 rings (SSSR count). The van der Waals surface area contributed by atoms with Crippen molar-refractivity contribution in [3.8, 4) is 16.2 Å². The van der Waals surface area contributed by atoms with Gasteiger partial charge < -0.3 is 20.3 Å². The number of benzene rings is 1. The molecule has 0 radical (unpaired) electrons. The highest BCUT2D eigenvalue weighted by Crippen LogP contribution is 2.46. The normalized spacial score (nSPS) is 19.0. The third kappa shape index (κ3) is 5.22. The number of anilines is 1. The van der Waals surface area contributed by atoms with Crippen molar-refractivity contribution in [1.29, 1.82) is 0 Å². The van der Waals surface area contributed by atoms with E-state index < -0.39 is 18.5 Å². The largest absolute Gasteiger partial charge is 0.479 e. The fraction of sp³-hybridized carbons (Fsp3) is 0.429. The summed E-state index contributed by atoms with van der Waals surface area (Å²) < 4.78 is 5.15. The highest BCUT2D eigenvalue weighted by Gasteiger charge is 2.25. The zero-order chi connectivity index (χ0) is 21.0. The van der Waals surface area contributed by atoms with Gasteiger partial charge in [-0.2, -0.15) is 0 Å². The molecule has 1 aliphatic rings. The van der Waals surface area contributed by atoms with Crippen molar-refractivity contribution in [1.82, 2.24) is 0 Å². The quantitative estimate of drug-likeness (QED) is 0.496. The third-order valence-electron chi connectivity index (χ3n) is 5.26. The first-order chi connectivity index (χ1) is 13.9. The number of aliphatic carboxylic acids is 1. The van der Waals surface area contributed by atoms with Crippen molar-refractivity contribution in [3.05, 3.63) is 34.2 Å². The fourth-order valence-corrected chi connectivity index (χ4v) is 5.09. The minimum absolute atomic E-state index is 0.0992. The molecule has 0 atom stereocenters. The first-order valence-corrected chi connectivity index (χ1v) is 10.9. The number of ether oxygens (including phenoxy) is 1. The van der Waals surface area contributed by atoms with Crippen LogP contribution in [0.4, 0.5) is 5.69 Å². The minimum atomic E-state index is -1.20. The summed E-state index contributed by atoms with van der Waals surface area (Å²) in [5.74, 6) is -1.68. The van der Waals surface area contributed by atoms with Crippen LogP contribution in [0.15, 0.2) is 24.3 Å². The van der Waals surface area contributed by atoms with Gasteiger partial charge >= 0.3 is 11.9 Å². The van der Waals surface area contributed by atoms with E-state index in [9.17, 15) is 14.7 Å². The molecule has 6 nitrogen and oxygen atoms in total. The van der Waals surface area contributed by atoms with Gasteiger partial charge in [0, 0.05) is 11.7 Å². The van der Waals surface area contributed by atoms with Gasteiger partial charge in [0.25, 0.3) is 0 Å². The van der Waals surface area contributed by atoms with Crippen LogP contribution < -0.4 is 10.1 Å². The molecule has 8 heteroatoms. The predicted octanol–water partition coefficient (Wildman–Crippen LogP) is 5.61. The number of nitrogens with one attached hydrogen (secondary N) is 1. The molecule has 0 unspecified atom stereocenters. The van der Waals surface area contributed by atoms with Crippen LogP contribution in [0.5, 0.6) is 5.75 Å². The zero-order valence-electron chi connectivity index (χ0n) is 16.1. The second-order valence-electron chi connectivity index (χ2n) is 7.24. The highest BCUT2D eigenvalue weighted by atomic mass is 35.5. The van der Waals surface area contributed by atoms with E-state index in [1.54, 1.807) is 0 Å². The summed E-state index contributed by atoms with van der Waals surface area (Å²) in [6.07, 6.45) is 5.97. The molecule has 29 heavy (non-hydrogen) atoms. The van der Waals surface area contributed by atoms with Crippen LogP contribution in [0.2, 0.25) is 5.02 Å². The zero-order valence-corrected chi connectivity index (χ0v) is 17.7. The monoisotopic (exact) mass is 437 g/mol. The topological polar surface area (TPSA) is 95.9 Å². The summed E-state index contributed by atoms with van der Waals surface area (Å²) in [4.78, 5) is 22.8. The lowest BCUT2D eigenvalue weighted by atomic mass is 9.84. The molecule has 0 amide bonds. The van der Waals surface area contributed by atoms with Crippen LogP contribution in [-0.4, -0.2) is 34.8 Å². The van der Waals surface area contributed by atoms with Gasteiger partial charge in [0.2, 0.25) is 0 Å². The van der Waals surface area contributed by atoms with Crippen molar-refractivity contribution in [3.63, 3.8) is 0 Å². The van der Waals surface area contributed by atoms with Crippen LogP contribution in [-0.2, 0) is 4.79 Å². The van der Waals surface area contributed by atoms with Gasteiger partial charge in [-0.05, 0) is 49.3 Å². The van der Waals surface area contributed by atoms with Gasteiger partial charge in [0.05, 0.1) is 4.88 Å². The first-order valence-electron chi connectivity index (χ1n) is 9.66. The van der Waals surface area contributed by atoms with Crippen molar-refractivity contribution in [2.24, 2.45) is 5.92 Å². The number of halogens is 1.